The van der Waals surface area contributed by atoms with Gasteiger partial charge in [0.2, 0.25) is 0 Å². The number of rotatable bonds is 1. The van der Waals surface area contributed by atoms with E-state index in [1.807, 2.05) is 0 Å². The standard InChI is InChI=1S/C7H11NO3/c1-11-7(10)6-3-2-5(9)4-8-6/h6,8H,2-4H2,1H3/t6-/m0/s1. The molecule has 4 nitrogen and oxygen atoms in total. The van der Waals surface area contributed by atoms with Crippen molar-refractivity contribution in [3.8, 4) is 0 Å². The Kier molecular flexibility index (Phi) is 2.59. The van der Waals surface area contributed by atoms with Crippen LogP contribution < -0.4 is 5.32 Å². The molecule has 0 aromatic rings. The van der Waals surface area contributed by atoms with E-state index in [-0.39, 0.29) is 17.8 Å². The molecule has 0 amide bonds. The Morgan fingerprint density at radius 3 is 2.91 bits per heavy atom. The zero-order valence-electron chi connectivity index (χ0n) is 6.42. The molecule has 0 aromatic heterocycles. The first kappa shape index (κ1) is 8.20. The van der Waals surface area contributed by atoms with Crippen LogP contribution in [0.3, 0.4) is 0 Å². The molecular formula is C7H11NO3. The van der Waals surface area contributed by atoms with Crippen LogP contribution in [0.15, 0.2) is 0 Å². The number of carbonyl (C=O) groups is 2. The van der Waals surface area contributed by atoms with Crippen molar-refractivity contribution >= 4 is 11.8 Å². The van der Waals surface area contributed by atoms with Gasteiger partial charge in [0.05, 0.1) is 13.7 Å². The summed E-state index contributed by atoms with van der Waals surface area (Å²) in [5, 5.41) is 2.80. The average Bonchev–Trinajstić information content (AvgIpc) is 2.05. The lowest BCUT2D eigenvalue weighted by molar-refractivity contribution is -0.144. The molecule has 11 heavy (non-hydrogen) atoms. The molecule has 1 aliphatic rings. The molecule has 0 aromatic carbocycles. The molecule has 0 unspecified atom stereocenters. The normalized spacial score (nSPS) is 24.8. The predicted molar refractivity (Wildman–Crippen MR) is 38.0 cm³/mol. The number of ketones is 1. The van der Waals surface area contributed by atoms with Crippen LogP contribution in [-0.2, 0) is 14.3 Å². The molecule has 4 heteroatoms. The van der Waals surface area contributed by atoms with E-state index < -0.39 is 0 Å². The Balaban J connectivity index is 2.39. The first-order valence-electron chi connectivity index (χ1n) is 3.57. The molecule has 62 valence electrons. The van der Waals surface area contributed by atoms with Gasteiger partial charge in [0.15, 0.2) is 0 Å². The zero-order chi connectivity index (χ0) is 8.27. The average molecular weight is 157 g/mol. The number of carbonyl (C=O) groups excluding carboxylic acids is 2. The Labute approximate surface area is 64.9 Å². The Bertz CT molecular complexity index is 169. The highest BCUT2D eigenvalue weighted by atomic mass is 16.5. The summed E-state index contributed by atoms with van der Waals surface area (Å²) in [6.07, 6.45) is 1.04. The van der Waals surface area contributed by atoms with Gasteiger partial charge in [0.1, 0.15) is 11.8 Å². The number of methoxy groups -OCH3 is 1. The highest BCUT2D eigenvalue weighted by Crippen LogP contribution is 2.04. The number of nitrogens with one attached hydrogen (secondary N) is 1. The maximum absolute atomic E-state index is 10.9. The minimum atomic E-state index is -0.280. The summed E-state index contributed by atoms with van der Waals surface area (Å²) >= 11 is 0. The number of hydrogen-bond donors (Lipinski definition) is 1. The summed E-state index contributed by atoms with van der Waals surface area (Å²) in [4.78, 5) is 21.6. The van der Waals surface area contributed by atoms with E-state index in [1.54, 1.807) is 0 Å². The molecule has 1 aliphatic heterocycles. The van der Waals surface area contributed by atoms with Crippen LogP contribution in [0.2, 0.25) is 0 Å². The van der Waals surface area contributed by atoms with Gasteiger partial charge in [-0.25, -0.2) is 0 Å². The van der Waals surface area contributed by atoms with Gasteiger partial charge in [-0.2, -0.15) is 0 Å². The summed E-state index contributed by atoms with van der Waals surface area (Å²) in [7, 11) is 1.35. The van der Waals surface area contributed by atoms with Crippen molar-refractivity contribution in [2.45, 2.75) is 18.9 Å². The molecule has 0 spiro atoms. The SMILES string of the molecule is COC(=O)[C@@H]1CCC(=O)CN1. The van der Waals surface area contributed by atoms with Crippen molar-refractivity contribution in [1.29, 1.82) is 0 Å². The highest BCUT2D eigenvalue weighted by Gasteiger charge is 2.24. The summed E-state index contributed by atoms with van der Waals surface area (Å²) in [5.74, 6) is -0.123. The zero-order valence-corrected chi connectivity index (χ0v) is 6.42. The fourth-order valence-electron chi connectivity index (χ4n) is 1.08. The van der Waals surface area contributed by atoms with Gasteiger partial charge in [-0.1, -0.05) is 0 Å². The Morgan fingerprint density at radius 2 is 2.45 bits per heavy atom. The largest absolute Gasteiger partial charge is 0.468 e. The molecule has 0 saturated carbocycles. The minimum absolute atomic E-state index is 0.158. The number of ether oxygens (including phenoxy) is 1. The first-order chi connectivity index (χ1) is 5.24. The summed E-state index contributed by atoms with van der Waals surface area (Å²) < 4.78 is 4.51. The van der Waals surface area contributed by atoms with Crippen molar-refractivity contribution in [1.82, 2.24) is 5.32 Å². The lowest BCUT2D eigenvalue weighted by atomic mass is 10.0. The van der Waals surface area contributed by atoms with Crippen molar-refractivity contribution in [2.75, 3.05) is 13.7 Å². The van der Waals surface area contributed by atoms with Gasteiger partial charge in [-0.3, -0.25) is 14.9 Å². The third-order valence-electron chi connectivity index (χ3n) is 1.74. The molecule has 1 fully saturated rings. The van der Waals surface area contributed by atoms with Gasteiger partial charge in [0.25, 0.3) is 0 Å². The van der Waals surface area contributed by atoms with Crippen LogP contribution in [-0.4, -0.2) is 31.4 Å². The minimum Gasteiger partial charge on any atom is -0.468 e. The Morgan fingerprint density at radius 1 is 1.73 bits per heavy atom. The van der Waals surface area contributed by atoms with Crippen LogP contribution in [0, 0.1) is 0 Å². The maximum atomic E-state index is 10.9. The molecule has 1 saturated heterocycles. The van der Waals surface area contributed by atoms with E-state index in [9.17, 15) is 9.59 Å². The summed E-state index contributed by atoms with van der Waals surface area (Å²) in [5.41, 5.74) is 0. The van der Waals surface area contributed by atoms with E-state index in [4.69, 9.17) is 0 Å². The first-order valence-corrected chi connectivity index (χ1v) is 3.57. The molecule has 1 N–H and O–H groups in total. The third-order valence-corrected chi connectivity index (χ3v) is 1.74. The van der Waals surface area contributed by atoms with Crippen LogP contribution >= 0.6 is 0 Å². The van der Waals surface area contributed by atoms with Gasteiger partial charge in [-0.15, -0.1) is 0 Å². The third kappa shape index (κ3) is 2.01. The lowest BCUT2D eigenvalue weighted by Gasteiger charge is -2.19. The van der Waals surface area contributed by atoms with E-state index in [1.165, 1.54) is 7.11 Å². The molecule has 0 aliphatic carbocycles. The van der Waals surface area contributed by atoms with Crippen molar-refractivity contribution in [3.63, 3.8) is 0 Å². The van der Waals surface area contributed by atoms with E-state index in [2.05, 4.69) is 10.1 Å². The van der Waals surface area contributed by atoms with Gasteiger partial charge in [0, 0.05) is 6.42 Å². The smallest absolute Gasteiger partial charge is 0.322 e. The number of esters is 1. The molecule has 1 heterocycles. The monoisotopic (exact) mass is 157 g/mol. The van der Waals surface area contributed by atoms with Crippen molar-refractivity contribution < 1.29 is 14.3 Å². The van der Waals surface area contributed by atoms with Crippen LogP contribution in [0.25, 0.3) is 0 Å². The quantitative estimate of drug-likeness (QED) is 0.520. The molecular weight excluding hydrogens is 146 g/mol. The van der Waals surface area contributed by atoms with E-state index in [0.717, 1.165) is 0 Å². The topological polar surface area (TPSA) is 55.4 Å². The van der Waals surface area contributed by atoms with Gasteiger partial charge >= 0.3 is 5.97 Å². The summed E-state index contributed by atoms with van der Waals surface area (Å²) in [6, 6.07) is -0.280. The fourth-order valence-corrected chi connectivity index (χ4v) is 1.08. The van der Waals surface area contributed by atoms with Crippen molar-refractivity contribution in [2.24, 2.45) is 0 Å². The van der Waals surface area contributed by atoms with E-state index in [0.29, 0.717) is 19.4 Å². The van der Waals surface area contributed by atoms with Crippen LogP contribution in [0.5, 0.6) is 0 Å². The van der Waals surface area contributed by atoms with Crippen LogP contribution in [0.4, 0.5) is 0 Å². The van der Waals surface area contributed by atoms with Gasteiger partial charge in [-0.05, 0) is 6.42 Å². The molecule has 0 bridgehead atoms. The maximum Gasteiger partial charge on any atom is 0.322 e. The number of piperidine rings is 1. The van der Waals surface area contributed by atoms with Gasteiger partial charge < -0.3 is 4.74 Å². The van der Waals surface area contributed by atoms with Crippen molar-refractivity contribution in [3.05, 3.63) is 0 Å². The second kappa shape index (κ2) is 3.48. The Hall–Kier alpha value is -0.900. The number of hydrogen-bond acceptors (Lipinski definition) is 4. The predicted octanol–water partition coefficient (Wildman–Crippen LogP) is -0.520. The highest BCUT2D eigenvalue weighted by molar-refractivity contribution is 5.85. The summed E-state index contributed by atoms with van der Waals surface area (Å²) in [6.45, 7) is 0.291. The molecule has 1 atom stereocenters. The second-order valence-corrected chi connectivity index (χ2v) is 2.53. The fraction of sp³-hybridized carbons (Fsp3) is 0.714. The second-order valence-electron chi connectivity index (χ2n) is 2.53. The van der Waals surface area contributed by atoms with E-state index >= 15 is 0 Å². The number of Topliss-reactive ketones (excluding diaryl/α,β-unsaturated/α-hetero) is 1. The lowest BCUT2D eigenvalue weighted by Crippen LogP contribution is -2.44. The molecule has 0 radical (unpaired) electrons. The van der Waals surface area contributed by atoms with Crippen LogP contribution in [0.1, 0.15) is 12.8 Å². The molecule has 1 rings (SSSR count).